The van der Waals surface area contributed by atoms with Gasteiger partial charge in [0.05, 0.1) is 4.91 Å². The summed E-state index contributed by atoms with van der Waals surface area (Å²) in [5, 5.41) is 2.10. The molecule has 3 amide bonds. The average molecular weight is 414 g/mol. The number of carbonyl (C=O) groups is 3. The van der Waals surface area contributed by atoms with Crippen LogP contribution in [0, 0.1) is 11.6 Å². The van der Waals surface area contributed by atoms with Crippen molar-refractivity contribution in [2.75, 3.05) is 13.1 Å². The number of nitrogens with zero attached hydrogens (tertiary/aromatic N) is 1. The third-order valence-corrected chi connectivity index (χ3v) is 4.90. The fraction of sp³-hybridized carbons (Fsp3) is 0.0952. The Hall–Kier alpha value is -3.26. The molecule has 1 aliphatic rings. The number of benzene rings is 2. The van der Waals surface area contributed by atoms with Crippen molar-refractivity contribution in [2.24, 2.45) is 0 Å². The lowest BCUT2D eigenvalue weighted by Crippen LogP contribution is -2.36. The SMILES string of the molecule is O=C(C=Cc1ccccc1F)NCCN1C(=O)SC(=Cc2ccc(F)cc2)C1=O. The molecule has 0 spiro atoms. The smallest absolute Gasteiger partial charge is 0.293 e. The first kappa shape index (κ1) is 20.5. The van der Waals surface area contributed by atoms with Crippen LogP contribution >= 0.6 is 11.8 Å². The quantitative estimate of drug-likeness (QED) is 0.730. The van der Waals surface area contributed by atoms with Gasteiger partial charge < -0.3 is 5.32 Å². The summed E-state index contributed by atoms with van der Waals surface area (Å²) >= 11 is 0.785. The summed E-state index contributed by atoms with van der Waals surface area (Å²) in [5.41, 5.74) is 0.878. The first-order valence-corrected chi connectivity index (χ1v) is 9.47. The molecule has 0 unspecified atom stereocenters. The van der Waals surface area contributed by atoms with Crippen molar-refractivity contribution in [3.63, 3.8) is 0 Å². The Labute approximate surface area is 170 Å². The number of hydrogen-bond donors (Lipinski definition) is 1. The van der Waals surface area contributed by atoms with E-state index in [-0.39, 0.29) is 23.6 Å². The van der Waals surface area contributed by atoms with Crippen molar-refractivity contribution in [1.29, 1.82) is 0 Å². The van der Waals surface area contributed by atoms with E-state index in [2.05, 4.69) is 5.32 Å². The largest absolute Gasteiger partial charge is 0.351 e. The van der Waals surface area contributed by atoms with Gasteiger partial charge in [0, 0.05) is 24.7 Å². The summed E-state index contributed by atoms with van der Waals surface area (Å²) in [5.74, 6) is -1.78. The Kier molecular flexibility index (Phi) is 6.56. The molecular weight excluding hydrogens is 398 g/mol. The van der Waals surface area contributed by atoms with Gasteiger partial charge in [-0.1, -0.05) is 30.3 Å². The molecule has 29 heavy (non-hydrogen) atoms. The van der Waals surface area contributed by atoms with Crippen molar-refractivity contribution in [2.45, 2.75) is 0 Å². The van der Waals surface area contributed by atoms with Gasteiger partial charge in [0.15, 0.2) is 0 Å². The molecule has 1 heterocycles. The van der Waals surface area contributed by atoms with Gasteiger partial charge in [-0.3, -0.25) is 19.3 Å². The molecule has 1 fully saturated rings. The van der Waals surface area contributed by atoms with Crippen molar-refractivity contribution in [1.82, 2.24) is 10.2 Å². The first-order valence-electron chi connectivity index (χ1n) is 8.65. The zero-order valence-corrected chi connectivity index (χ0v) is 15.9. The highest BCUT2D eigenvalue weighted by molar-refractivity contribution is 8.18. The van der Waals surface area contributed by atoms with Gasteiger partial charge in [-0.15, -0.1) is 0 Å². The van der Waals surface area contributed by atoms with Gasteiger partial charge in [0.1, 0.15) is 11.6 Å². The maximum atomic E-state index is 13.5. The Bertz CT molecular complexity index is 1000. The van der Waals surface area contributed by atoms with Crippen molar-refractivity contribution < 1.29 is 23.2 Å². The minimum Gasteiger partial charge on any atom is -0.351 e. The number of hydrogen-bond acceptors (Lipinski definition) is 4. The highest BCUT2D eigenvalue weighted by atomic mass is 32.2. The lowest BCUT2D eigenvalue weighted by molar-refractivity contribution is -0.123. The molecule has 1 aliphatic heterocycles. The monoisotopic (exact) mass is 414 g/mol. The Balaban J connectivity index is 1.53. The predicted molar refractivity (Wildman–Crippen MR) is 108 cm³/mol. The van der Waals surface area contributed by atoms with Gasteiger partial charge in [-0.05, 0) is 47.7 Å². The molecule has 8 heteroatoms. The topological polar surface area (TPSA) is 66.5 Å². The number of imide groups is 1. The molecule has 3 rings (SSSR count). The van der Waals surface area contributed by atoms with Gasteiger partial charge in [-0.2, -0.15) is 0 Å². The maximum Gasteiger partial charge on any atom is 0.293 e. The second-order valence-corrected chi connectivity index (χ2v) is 7.02. The third-order valence-electron chi connectivity index (χ3n) is 4.00. The summed E-state index contributed by atoms with van der Waals surface area (Å²) in [7, 11) is 0. The van der Waals surface area contributed by atoms with E-state index in [1.165, 1.54) is 54.6 Å². The molecule has 0 atom stereocenters. The Morgan fingerprint density at radius 3 is 2.52 bits per heavy atom. The number of nitrogens with one attached hydrogen (secondary N) is 1. The number of amides is 3. The number of halogens is 2. The van der Waals surface area contributed by atoms with Crippen LogP contribution in [0.3, 0.4) is 0 Å². The molecule has 2 aromatic rings. The van der Waals surface area contributed by atoms with E-state index in [1.807, 2.05) is 0 Å². The maximum absolute atomic E-state index is 13.5. The molecule has 148 valence electrons. The summed E-state index contributed by atoms with van der Waals surface area (Å²) in [4.78, 5) is 37.5. The number of thioether (sulfide) groups is 1. The molecule has 5 nitrogen and oxygen atoms in total. The summed E-state index contributed by atoms with van der Waals surface area (Å²) in [6.45, 7) is 0.0625. The Morgan fingerprint density at radius 2 is 1.79 bits per heavy atom. The zero-order valence-electron chi connectivity index (χ0n) is 15.1. The van der Waals surface area contributed by atoms with Crippen LogP contribution in [0.4, 0.5) is 13.6 Å². The molecule has 0 aromatic heterocycles. The van der Waals surface area contributed by atoms with E-state index in [9.17, 15) is 23.2 Å². The summed E-state index contributed by atoms with van der Waals surface area (Å²) < 4.78 is 26.5. The second-order valence-electron chi connectivity index (χ2n) is 6.03. The second kappa shape index (κ2) is 9.29. The molecule has 1 saturated heterocycles. The van der Waals surface area contributed by atoms with E-state index < -0.39 is 28.7 Å². The van der Waals surface area contributed by atoms with E-state index in [1.54, 1.807) is 12.1 Å². The van der Waals surface area contributed by atoms with Gasteiger partial charge >= 0.3 is 0 Å². The summed E-state index contributed by atoms with van der Waals surface area (Å²) in [6, 6.07) is 11.6. The molecule has 2 aromatic carbocycles. The fourth-order valence-corrected chi connectivity index (χ4v) is 3.39. The van der Waals surface area contributed by atoms with Gasteiger partial charge in [-0.25, -0.2) is 8.78 Å². The molecular formula is C21H16F2N2O3S. The standard InChI is InChI=1S/C21H16F2N2O3S/c22-16-8-5-14(6-9-16)13-18-20(27)25(21(28)29-18)12-11-24-19(26)10-7-15-3-1-2-4-17(15)23/h1-10,13H,11-12H2,(H,24,26). The normalized spacial score (nSPS) is 15.5. The third kappa shape index (κ3) is 5.39. The van der Waals surface area contributed by atoms with Gasteiger partial charge in [0.25, 0.3) is 11.1 Å². The number of carbonyl (C=O) groups excluding carboxylic acids is 3. The number of rotatable bonds is 6. The molecule has 1 N–H and O–H groups in total. The van der Waals surface area contributed by atoms with E-state index in [4.69, 9.17) is 0 Å². The van der Waals surface area contributed by atoms with Crippen molar-refractivity contribution >= 4 is 41.0 Å². The summed E-state index contributed by atoms with van der Waals surface area (Å²) in [6.07, 6.45) is 4.04. The van der Waals surface area contributed by atoms with Crippen LogP contribution in [-0.2, 0) is 9.59 Å². The molecule has 0 saturated carbocycles. The van der Waals surface area contributed by atoms with E-state index in [0.717, 1.165) is 16.7 Å². The minimum atomic E-state index is -0.472. The zero-order chi connectivity index (χ0) is 20.8. The first-order chi connectivity index (χ1) is 13.9. The molecule has 0 radical (unpaired) electrons. The lowest BCUT2D eigenvalue weighted by atomic mass is 10.2. The fourth-order valence-electron chi connectivity index (χ4n) is 2.53. The van der Waals surface area contributed by atoms with E-state index in [0.29, 0.717) is 5.56 Å². The van der Waals surface area contributed by atoms with Crippen LogP contribution in [-0.4, -0.2) is 35.0 Å². The van der Waals surface area contributed by atoms with Crippen LogP contribution in [0.2, 0.25) is 0 Å². The van der Waals surface area contributed by atoms with Crippen LogP contribution in [0.25, 0.3) is 12.2 Å². The Morgan fingerprint density at radius 1 is 1.07 bits per heavy atom. The van der Waals surface area contributed by atoms with E-state index >= 15 is 0 Å². The lowest BCUT2D eigenvalue weighted by Gasteiger charge is -2.12. The average Bonchev–Trinajstić information content (AvgIpc) is 2.96. The van der Waals surface area contributed by atoms with Crippen LogP contribution in [0.15, 0.2) is 59.5 Å². The van der Waals surface area contributed by atoms with Crippen molar-refractivity contribution in [3.8, 4) is 0 Å². The van der Waals surface area contributed by atoms with Crippen LogP contribution in [0.5, 0.6) is 0 Å². The molecule has 0 aliphatic carbocycles. The molecule has 0 bridgehead atoms. The van der Waals surface area contributed by atoms with Crippen LogP contribution in [0.1, 0.15) is 11.1 Å². The highest BCUT2D eigenvalue weighted by Crippen LogP contribution is 2.31. The van der Waals surface area contributed by atoms with Crippen LogP contribution < -0.4 is 5.32 Å². The van der Waals surface area contributed by atoms with Gasteiger partial charge in [0.2, 0.25) is 5.91 Å². The van der Waals surface area contributed by atoms with Crippen molar-refractivity contribution in [3.05, 3.63) is 82.3 Å². The predicted octanol–water partition coefficient (Wildman–Crippen LogP) is 3.83. The minimum absolute atomic E-state index is 0.00467. The highest BCUT2D eigenvalue weighted by Gasteiger charge is 2.34.